The molecule has 0 aliphatic carbocycles. The van der Waals surface area contributed by atoms with E-state index in [9.17, 15) is 4.79 Å². The van der Waals surface area contributed by atoms with Crippen LogP contribution in [0.15, 0.2) is 41.0 Å². The molecule has 0 aliphatic heterocycles. The lowest BCUT2D eigenvalue weighted by atomic mass is 10.0. The first-order valence-electron chi connectivity index (χ1n) is 7.93. The highest BCUT2D eigenvalue weighted by atomic mass is 35.5. The van der Waals surface area contributed by atoms with Gasteiger partial charge in [-0.3, -0.25) is 4.79 Å². The van der Waals surface area contributed by atoms with E-state index in [1.54, 1.807) is 6.26 Å². The van der Waals surface area contributed by atoms with Crippen molar-refractivity contribution in [2.45, 2.75) is 33.7 Å². The molecule has 0 saturated carbocycles. The van der Waals surface area contributed by atoms with Crippen molar-refractivity contribution in [3.05, 3.63) is 69.4 Å². The molecule has 0 spiro atoms. The van der Waals surface area contributed by atoms with Gasteiger partial charge in [0.1, 0.15) is 5.58 Å². The standard InChI is InChI=1S/C20H20ClNO2/c1-12-4-6-15(7-5-12)10-22-18(23)9-16-11-24-17-8-13(2)20(21)14(3)19(16)17/h4-8,11H,9-10H2,1-3H3,(H,22,23). The Kier molecular flexibility index (Phi) is 4.63. The molecule has 3 aromatic rings. The van der Waals surface area contributed by atoms with Gasteiger partial charge in [0, 0.05) is 22.5 Å². The smallest absolute Gasteiger partial charge is 0.224 e. The molecular weight excluding hydrogens is 322 g/mol. The van der Waals surface area contributed by atoms with Gasteiger partial charge in [-0.1, -0.05) is 41.4 Å². The van der Waals surface area contributed by atoms with Crippen molar-refractivity contribution >= 4 is 28.5 Å². The predicted molar refractivity (Wildman–Crippen MR) is 97.4 cm³/mol. The Bertz CT molecular complexity index is 894. The van der Waals surface area contributed by atoms with Gasteiger partial charge in [0.2, 0.25) is 5.91 Å². The van der Waals surface area contributed by atoms with Crippen LogP contribution in [-0.4, -0.2) is 5.91 Å². The molecule has 1 N–H and O–H groups in total. The monoisotopic (exact) mass is 341 g/mol. The topological polar surface area (TPSA) is 42.2 Å². The number of rotatable bonds is 4. The first-order chi connectivity index (χ1) is 11.5. The van der Waals surface area contributed by atoms with Crippen LogP contribution in [-0.2, 0) is 17.8 Å². The number of benzene rings is 2. The Labute approximate surface area is 146 Å². The fourth-order valence-corrected chi connectivity index (χ4v) is 3.03. The Morgan fingerprint density at radius 1 is 1.17 bits per heavy atom. The summed E-state index contributed by atoms with van der Waals surface area (Å²) in [7, 11) is 0. The summed E-state index contributed by atoms with van der Waals surface area (Å²) in [5.41, 5.74) is 5.87. The predicted octanol–water partition coefficient (Wildman–Crippen LogP) is 4.87. The lowest BCUT2D eigenvalue weighted by molar-refractivity contribution is -0.120. The third-order valence-corrected chi connectivity index (χ3v) is 4.84. The molecular formula is C20H20ClNO2. The zero-order valence-corrected chi connectivity index (χ0v) is 14.8. The van der Waals surface area contributed by atoms with E-state index in [1.807, 2.05) is 51.1 Å². The molecule has 1 aromatic heterocycles. The van der Waals surface area contributed by atoms with Crippen LogP contribution in [0.4, 0.5) is 0 Å². The summed E-state index contributed by atoms with van der Waals surface area (Å²) in [6.07, 6.45) is 1.93. The number of aryl methyl sites for hydroxylation is 3. The first kappa shape index (κ1) is 16.6. The summed E-state index contributed by atoms with van der Waals surface area (Å²) in [6.45, 7) is 6.47. The molecule has 0 bridgehead atoms. The fourth-order valence-electron chi connectivity index (χ4n) is 2.88. The second-order valence-electron chi connectivity index (χ2n) is 6.21. The summed E-state index contributed by atoms with van der Waals surface area (Å²) in [5.74, 6) is -0.0330. The van der Waals surface area contributed by atoms with Gasteiger partial charge in [0.05, 0.1) is 12.7 Å². The lowest BCUT2D eigenvalue weighted by Gasteiger charge is -2.07. The second-order valence-corrected chi connectivity index (χ2v) is 6.58. The maximum atomic E-state index is 12.3. The van der Waals surface area contributed by atoms with Crippen LogP contribution >= 0.6 is 11.6 Å². The van der Waals surface area contributed by atoms with Crippen molar-refractivity contribution in [3.63, 3.8) is 0 Å². The van der Waals surface area contributed by atoms with Gasteiger partial charge in [-0.2, -0.15) is 0 Å². The number of amides is 1. The van der Waals surface area contributed by atoms with E-state index in [2.05, 4.69) is 5.32 Å². The molecule has 1 heterocycles. The molecule has 124 valence electrons. The van der Waals surface area contributed by atoms with Gasteiger partial charge in [-0.05, 0) is 43.5 Å². The molecule has 24 heavy (non-hydrogen) atoms. The lowest BCUT2D eigenvalue weighted by Crippen LogP contribution is -2.24. The van der Waals surface area contributed by atoms with Crippen LogP contribution in [0.5, 0.6) is 0 Å². The minimum atomic E-state index is -0.0330. The average molecular weight is 342 g/mol. The van der Waals surface area contributed by atoms with E-state index in [0.717, 1.165) is 38.2 Å². The number of fused-ring (bicyclic) bond motifs is 1. The van der Waals surface area contributed by atoms with Gasteiger partial charge in [0.25, 0.3) is 0 Å². The number of nitrogens with one attached hydrogen (secondary N) is 1. The number of halogens is 1. The molecule has 1 amide bonds. The Morgan fingerprint density at radius 2 is 1.88 bits per heavy atom. The number of carbonyl (C=O) groups excluding carboxylic acids is 1. The van der Waals surface area contributed by atoms with Crippen molar-refractivity contribution in [1.29, 1.82) is 0 Å². The number of hydrogen-bond acceptors (Lipinski definition) is 2. The van der Waals surface area contributed by atoms with Gasteiger partial charge in [-0.25, -0.2) is 0 Å². The van der Waals surface area contributed by atoms with Gasteiger partial charge < -0.3 is 9.73 Å². The quantitative estimate of drug-likeness (QED) is 0.735. The van der Waals surface area contributed by atoms with Crippen LogP contribution in [0.3, 0.4) is 0 Å². The molecule has 0 saturated heterocycles. The highest BCUT2D eigenvalue weighted by Crippen LogP contribution is 2.32. The number of carbonyl (C=O) groups is 1. The molecule has 3 nitrogen and oxygen atoms in total. The maximum absolute atomic E-state index is 12.3. The molecule has 2 aromatic carbocycles. The van der Waals surface area contributed by atoms with Crippen molar-refractivity contribution in [3.8, 4) is 0 Å². The zero-order valence-electron chi connectivity index (χ0n) is 14.1. The Balaban J connectivity index is 1.74. The van der Waals surface area contributed by atoms with Crippen molar-refractivity contribution < 1.29 is 9.21 Å². The minimum Gasteiger partial charge on any atom is -0.464 e. The van der Waals surface area contributed by atoms with E-state index in [1.165, 1.54) is 5.56 Å². The molecule has 0 aliphatic rings. The van der Waals surface area contributed by atoms with E-state index in [-0.39, 0.29) is 12.3 Å². The summed E-state index contributed by atoms with van der Waals surface area (Å²) in [6, 6.07) is 10.0. The summed E-state index contributed by atoms with van der Waals surface area (Å²) < 4.78 is 5.60. The highest BCUT2D eigenvalue weighted by molar-refractivity contribution is 6.33. The minimum absolute atomic E-state index is 0.0330. The molecule has 0 unspecified atom stereocenters. The van der Waals surface area contributed by atoms with Crippen LogP contribution < -0.4 is 5.32 Å². The SMILES string of the molecule is Cc1ccc(CNC(=O)Cc2coc3cc(C)c(Cl)c(C)c23)cc1. The maximum Gasteiger partial charge on any atom is 0.224 e. The summed E-state index contributed by atoms with van der Waals surface area (Å²) >= 11 is 6.33. The van der Waals surface area contributed by atoms with Crippen molar-refractivity contribution in [1.82, 2.24) is 5.32 Å². The van der Waals surface area contributed by atoms with Crippen molar-refractivity contribution in [2.75, 3.05) is 0 Å². The van der Waals surface area contributed by atoms with Crippen LogP contribution in [0, 0.1) is 20.8 Å². The Morgan fingerprint density at radius 3 is 2.58 bits per heavy atom. The first-order valence-corrected chi connectivity index (χ1v) is 8.31. The van der Waals surface area contributed by atoms with Gasteiger partial charge >= 0.3 is 0 Å². The van der Waals surface area contributed by atoms with E-state index < -0.39 is 0 Å². The molecule has 0 fully saturated rings. The van der Waals surface area contributed by atoms with Crippen LogP contribution in [0.25, 0.3) is 11.0 Å². The average Bonchev–Trinajstić information content (AvgIpc) is 2.94. The molecule has 0 atom stereocenters. The normalized spacial score (nSPS) is 11.0. The van der Waals surface area contributed by atoms with E-state index >= 15 is 0 Å². The Hall–Kier alpha value is -2.26. The van der Waals surface area contributed by atoms with E-state index in [0.29, 0.717) is 6.54 Å². The summed E-state index contributed by atoms with van der Waals surface area (Å²) in [4.78, 5) is 12.3. The molecule has 4 heteroatoms. The van der Waals surface area contributed by atoms with Crippen molar-refractivity contribution in [2.24, 2.45) is 0 Å². The second kappa shape index (κ2) is 6.70. The van der Waals surface area contributed by atoms with Crippen LogP contribution in [0.2, 0.25) is 5.02 Å². The van der Waals surface area contributed by atoms with Crippen LogP contribution in [0.1, 0.15) is 27.8 Å². The molecule has 0 radical (unpaired) electrons. The van der Waals surface area contributed by atoms with E-state index in [4.69, 9.17) is 16.0 Å². The third kappa shape index (κ3) is 3.31. The number of hydrogen-bond donors (Lipinski definition) is 1. The van der Waals surface area contributed by atoms with Gasteiger partial charge in [0.15, 0.2) is 0 Å². The third-order valence-electron chi connectivity index (χ3n) is 4.26. The molecule has 3 rings (SSSR count). The highest BCUT2D eigenvalue weighted by Gasteiger charge is 2.15. The fraction of sp³-hybridized carbons (Fsp3) is 0.250. The zero-order chi connectivity index (χ0) is 17.3. The largest absolute Gasteiger partial charge is 0.464 e. The summed E-state index contributed by atoms with van der Waals surface area (Å²) in [5, 5.41) is 4.62. The van der Waals surface area contributed by atoms with Gasteiger partial charge in [-0.15, -0.1) is 0 Å². The number of furan rings is 1.